The highest BCUT2D eigenvalue weighted by molar-refractivity contribution is 7.88. The molecule has 6 nitrogen and oxygen atoms in total. The quantitative estimate of drug-likeness (QED) is 0.809. The number of sulfonamides is 1. The van der Waals surface area contributed by atoms with Gasteiger partial charge in [0.05, 0.1) is 17.5 Å². The molecule has 108 valence electrons. The Balaban J connectivity index is 2.02. The molecule has 0 atom stereocenters. The smallest absolute Gasteiger partial charge is 0.211 e. The first-order valence-corrected chi connectivity index (χ1v) is 8.26. The number of hydrogen-bond donors (Lipinski definition) is 2. The summed E-state index contributed by atoms with van der Waals surface area (Å²) in [7, 11) is -3.10. The molecule has 0 radical (unpaired) electrons. The zero-order chi connectivity index (χ0) is 14.8. The molecule has 0 unspecified atom stereocenters. The van der Waals surface area contributed by atoms with Crippen LogP contribution >= 0.6 is 0 Å². The molecule has 2 rings (SSSR count). The molecule has 1 heterocycles. The predicted octanol–water partition coefficient (Wildman–Crippen LogP) is 0.976. The van der Waals surface area contributed by atoms with Gasteiger partial charge in [-0.1, -0.05) is 0 Å². The van der Waals surface area contributed by atoms with Gasteiger partial charge in [0.15, 0.2) is 0 Å². The second-order valence-electron chi connectivity index (χ2n) is 5.00. The van der Waals surface area contributed by atoms with Crippen LogP contribution in [0.3, 0.4) is 0 Å². The van der Waals surface area contributed by atoms with Crippen molar-refractivity contribution in [3.05, 3.63) is 23.8 Å². The minimum atomic E-state index is -3.10. The van der Waals surface area contributed by atoms with E-state index < -0.39 is 10.0 Å². The van der Waals surface area contributed by atoms with Gasteiger partial charge in [0, 0.05) is 24.8 Å². The molecule has 0 aromatic heterocycles. The molecule has 1 aromatic rings. The molecule has 7 heteroatoms. The van der Waals surface area contributed by atoms with Crippen molar-refractivity contribution < 1.29 is 8.42 Å². The van der Waals surface area contributed by atoms with Crippen LogP contribution in [0, 0.1) is 11.3 Å². The summed E-state index contributed by atoms with van der Waals surface area (Å²) >= 11 is 0. The van der Waals surface area contributed by atoms with Gasteiger partial charge >= 0.3 is 0 Å². The topological polar surface area (TPSA) is 99.2 Å². The van der Waals surface area contributed by atoms with Gasteiger partial charge in [0.2, 0.25) is 10.0 Å². The molecule has 20 heavy (non-hydrogen) atoms. The standard InChI is InChI=1S/C13H18N4O2S/c1-20(18,19)17-6-4-12(5-7-17)16-13-3-2-11(15)8-10(13)9-14/h2-3,8,12,16H,4-7,15H2,1H3. The van der Waals surface area contributed by atoms with Crippen molar-refractivity contribution in [2.24, 2.45) is 0 Å². The molecule has 0 bridgehead atoms. The first kappa shape index (κ1) is 14.6. The van der Waals surface area contributed by atoms with E-state index in [9.17, 15) is 8.42 Å². The number of nitrogen functional groups attached to an aromatic ring is 1. The van der Waals surface area contributed by atoms with Gasteiger partial charge in [0.1, 0.15) is 6.07 Å². The molecular formula is C13H18N4O2S. The minimum absolute atomic E-state index is 0.170. The Bertz CT molecular complexity index is 628. The van der Waals surface area contributed by atoms with E-state index in [2.05, 4.69) is 11.4 Å². The molecule has 0 saturated carbocycles. The largest absolute Gasteiger partial charge is 0.399 e. The lowest BCUT2D eigenvalue weighted by atomic mass is 10.1. The number of rotatable bonds is 3. The van der Waals surface area contributed by atoms with Gasteiger partial charge in [-0.2, -0.15) is 5.26 Å². The van der Waals surface area contributed by atoms with E-state index in [1.165, 1.54) is 10.6 Å². The van der Waals surface area contributed by atoms with Crippen molar-refractivity contribution in [1.29, 1.82) is 5.26 Å². The summed E-state index contributed by atoms with van der Waals surface area (Å²) in [6.45, 7) is 1.01. The Morgan fingerprint density at radius 3 is 2.60 bits per heavy atom. The van der Waals surface area contributed by atoms with E-state index in [0.717, 1.165) is 18.5 Å². The van der Waals surface area contributed by atoms with E-state index in [-0.39, 0.29) is 6.04 Å². The lowest BCUT2D eigenvalue weighted by Gasteiger charge is -2.31. The summed E-state index contributed by atoms with van der Waals surface area (Å²) in [5.74, 6) is 0. The fraction of sp³-hybridized carbons (Fsp3) is 0.462. The van der Waals surface area contributed by atoms with E-state index in [1.54, 1.807) is 18.2 Å². The Kier molecular flexibility index (Phi) is 4.16. The Hall–Kier alpha value is -1.78. The number of nitrogens with zero attached hydrogens (tertiary/aromatic N) is 2. The summed E-state index contributed by atoms with van der Waals surface area (Å²) in [5.41, 5.74) is 7.46. The molecule has 3 N–H and O–H groups in total. The van der Waals surface area contributed by atoms with Gasteiger partial charge in [-0.25, -0.2) is 12.7 Å². The van der Waals surface area contributed by atoms with Crippen LogP contribution < -0.4 is 11.1 Å². The fourth-order valence-corrected chi connectivity index (χ4v) is 3.21. The van der Waals surface area contributed by atoms with Gasteiger partial charge in [-0.15, -0.1) is 0 Å². The normalized spacial score (nSPS) is 17.6. The summed E-state index contributed by atoms with van der Waals surface area (Å²) in [5, 5.41) is 12.4. The number of anilines is 2. The molecule has 0 aliphatic carbocycles. The molecular weight excluding hydrogens is 276 g/mol. The summed E-state index contributed by atoms with van der Waals surface area (Å²) < 4.78 is 24.4. The van der Waals surface area contributed by atoms with Gasteiger partial charge in [-0.05, 0) is 31.0 Å². The predicted molar refractivity (Wildman–Crippen MR) is 78.6 cm³/mol. The Morgan fingerprint density at radius 1 is 1.40 bits per heavy atom. The molecule has 0 spiro atoms. The van der Waals surface area contributed by atoms with Crippen LogP contribution in [0.4, 0.5) is 11.4 Å². The second-order valence-corrected chi connectivity index (χ2v) is 6.98. The highest BCUT2D eigenvalue weighted by Gasteiger charge is 2.25. The maximum atomic E-state index is 11.4. The Labute approximate surface area is 119 Å². The number of benzene rings is 1. The van der Waals surface area contributed by atoms with Crippen LogP contribution in [-0.4, -0.2) is 38.1 Å². The molecule has 1 fully saturated rings. The van der Waals surface area contributed by atoms with Crippen LogP contribution in [0.1, 0.15) is 18.4 Å². The van der Waals surface area contributed by atoms with E-state index in [0.29, 0.717) is 24.3 Å². The van der Waals surface area contributed by atoms with E-state index in [1.807, 2.05) is 0 Å². The first-order valence-electron chi connectivity index (χ1n) is 6.41. The zero-order valence-corrected chi connectivity index (χ0v) is 12.2. The average Bonchev–Trinajstić information content (AvgIpc) is 2.40. The average molecular weight is 294 g/mol. The zero-order valence-electron chi connectivity index (χ0n) is 11.3. The number of nitrogens with one attached hydrogen (secondary N) is 1. The number of nitrogens with two attached hydrogens (primary N) is 1. The van der Waals surface area contributed by atoms with Crippen LogP contribution in [0.25, 0.3) is 0 Å². The van der Waals surface area contributed by atoms with Crippen LogP contribution in [0.2, 0.25) is 0 Å². The molecule has 1 aliphatic rings. The van der Waals surface area contributed by atoms with Crippen molar-refractivity contribution in [3.8, 4) is 6.07 Å². The van der Waals surface area contributed by atoms with Crippen LogP contribution in [0.5, 0.6) is 0 Å². The van der Waals surface area contributed by atoms with Crippen molar-refractivity contribution in [1.82, 2.24) is 4.31 Å². The molecule has 1 aliphatic heterocycles. The number of piperidine rings is 1. The van der Waals surface area contributed by atoms with Crippen molar-refractivity contribution >= 4 is 21.4 Å². The summed E-state index contributed by atoms with van der Waals surface area (Å²) in [6, 6.07) is 7.45. The first-order chi connectivity index (χ1) is 9.40. The van der Waals surface area contributed by atoms with Gasteiger partial charge in [0.25, 0.3) is 0 Å². The lowest BCUT2D eigenvalue weighted by Crippen LogP contribution is -2.41. The monoisotopic (exact) mass is 294 g/mol. The number of hydrogen-bond acceptors (Lipinski definition) is 5. The molecule has 1 aromatic carbocycles. The van der Waals surface area contributed by atoms with Crippen LogP contribution in [0.15, 0.2) is 18.2 Å². The lowest BCUT2D eigenvalue weighted by molar-refractivity contribution is 0.332. The Morgan fingerprint density at radius 2 is 2.05 bits per heavy atom. The maximum Gasteiger partial charge on any atom is 0.211 e. The third kappa shape index (κ3) is 3.40. The summed E-state index contributed by atoms with van der Waals surface area (Å²) in [4.78, 5) is 0. The highest BCUT2D eigenvalue weighted by Crippen LogP contribution is 2.22. The van der Waals surface area contributed by atoms with E-state index in [4.69, 9.17) is 11.0 Å². The maximum absolute atomic E-state index is 11.4. The van der Waals surface area contributed by atoms with Gasteiger partial charge in [-0.3, -0.25) is 0 Å². The SMILES string of the molecule is CS(=O)(=O)N1CCC(Nc2ccc(N)cc2C#N)CC1. The van der Waals surface area contributed by atoms with Crippen molar-refractivity contribution in [3.63, 3.8) is 0 Å². The van der Waals surface area contributed by atoms with Crippen LogP contribution in [-0.2, 0) is 10.0 Å². The minimum Gasteiger partial charge on any atom is -0.399 e. The van der Waals surface area contributed by atoms with Crippen molar-refractivity contribution in [2.75, 3.05) is 30.4 Å². The van der Waals surface area contributed by atoms with E-state index >= 15 is 0 Å². The fourth-order valence-electron chi connectivity index (χ4n) is 2.33. The second kappa shape index (κ2) is 5.69. The van der Waals surface area contributed by atoms with Crippen molar-refractivity contribution in [2.45, 2.75) is 18.9 Å². The number of nitriles is 1. The van der Waals surface area contributed by atoms with Gasteiger partial charge < -0.3 is 11.1 Å². The molecule has 1 saturated heterocycles. The third-order valence-electron chi connectivity index (χ3n) is 3.45. The highest BCUT2D eigenvalue weighted by atomic mass is 32.2. The summed E-state index contributed by atoms with van der Waals surface area (Å²) in [6.07, 6.45) is 2.68. The third-order valence-corrected chi connectivity index (χ3v) is 4.75. The molecule has 0 amide bonds.